The molecule has 0 aliphatic carbocycles. The molecule has 29 heavy (non-hydrogen) atoms. The van der Waals surface area contributed by atoms with Crippen LogP contribution in [0.1, 0.15) is 36.0 Å². The smallest absolute Gasteiger partial charge is 0.352 e. The van der Waals surface area contributed by atoms with Gasteiger partial charge in [0, 0.05) is 18.7 Å². The molecular formula is C20H25BF3N3O2. The van der Waals surface area contributed by atoms with Crippen LogP contribution in [0.5, 0.6) is 0 Å². The van der Waals surface area contributed by atoms with Crippen molar-refractivity contribution < 1.29 is 22.8 Å². The molecule has 1 aromatic carbocycles. The molecule has 0 spiro atoms. The number of likely N-dealkylation sites (tertiary alicyclic amines) is 2. The second kappa shape index (κ2) is 9.20. The number of rotatable bonds is 5. The molecule has 0 saturated carbocycles. The van der Waals surface area contributed by atoms with Crippen LogP contribution in [0, 0.1) is 5.92 Å². The summed E-state index contributed by atoms with van der Waals surface area (Å²) in [5.41, 5.74) is 1.04. The molecule has 1 aromatic rings. The van der Waals surface area contributed by atoms with Gasteiger partial charge in [-0.05, 0) is 50.8 Å². The van der Waals surface area contributed by atoms with E-state index in [1.54, 1.807) is 24.3 Å². The van der Waals surface area contributed by atoms with E-state index in [0.29, 0.717) is 37.1 Å². The highest BCUT2D eigenvalue weighted by Crippen LogP contribution is 2.32. The van der Waals surface area contributed by atoms with Gasteiger partial charge < -0.3 is 10.2 Å². The number of amides is 2. The van der Waals surface area contributed by atoms with E-state index in [1.807, 2.05) is 4.90 Å². The molecule has 0 bridgehead atoms. The Hall–Kier alpha value is -2.03. The highest BCUT2D eigenvalue weighted by Gasteiger charge is 2.47. The van der Waals surface area contributed by atoms with Crippen LogP contribution in [0.2, 0.25) is 0 Å². The maximum atomic E-state index is 13.0. The first-order valence-electron chi connectivity index (χ1n) is 9.96. The molecule has 2 fully saturated rings. The van der Waals surface area contributed by atoms with Crippen LogP contribution >= 0.6 is 0 Å². The van der Waals surface area contributed by atoms with Gasteiger partial charge in [0.05, 0.1) is 6.54 Å². The zero-order valence-electron chi connectivity index (χ0n) is 16.3. The molecule has 0 unspecified atom stereocenters. The lowest BCUT2D eigenvalue weighted by Gasteiger charge is -2.34. The minimum absolute atomic E-state index is 0.00985. The lowest BCUT2D eigenvalue weighted by molar-refractivity contribution is -0.183. The van der Waals surface area contributed by atoms with E-state index in [-0.39, 0.29) is 31.3 Å². The predicted molar refractivity (Wildman–Crippen MR) is 104 cm³/mol. The summed E-state index contributed by atoms with van der Waals surface area (Å²) >= 11 is 0. The maximum absolute atomic E-state index is 13.0. The zero-order valence-corrected chi connectivity index (χ0v) is 16.3. The number of nitrogens with zero attached hydrogens (tertiary/aromatic N) is 2. The molecule has 2 radical (unpaired) electrons. The number of nitrogens with one attached hydrogen (secondary N) is 1. The third kappa shape index (κ3) is 5.75. The minimum Gasteiger partial charge on any atom is -0.352 e. The number of piperidine rings is 1. The molecule has 1 atom stereocenters. The van der Waals surface area contributed by atoms with Gasteiger partial charge in [-0.15, -0.1) is 0 Å². The third-order valence-electron chi connectivity index (χ3n) is 5.72. The molecule has 2 amide bonds. The Bertz CT molecular complexity index is 736. The van der Waals surface area contributed by atoms with Crippen LogP contribution in [0.15, 0.2) is 24.3 Å². The SMILES string of the molecule is [B]c1cccc(C(=O)NCC2CCN(CC(=O)N3CCC[C@H]3C(F)(F)F)CC2)c1. The topological polar surface area (TPSA) is 52.7 Å². The summed E-state index contributed by atoms with van der Waals surface area (Å²) in [6.07, 6.45) is -2.41. The Labute approximate surface area is 170 Å². The van der Waals surface area contributed by atoms with Crippen molar-refractivity contribution in [3.8, 4) is 0 Å². The van der Waals surface area contributed by atoms with E-state index in [4.69, 9.17) is 7.85 Å². The van der Waals surface area contributed by atoms with Gasteiger partial charge in [-0.2, -0.15) is 13.2 Å². The van der Waals surface area contributed by atoms with Crippen molar-refractivity contribution in [2.45, 2.75) is 37.9 Å². The zero-order chi connectivity index (χ0) is 21.0. The van der Waals surface area contributed by atoms with Crippen LogP contribution in [-0.4, -0.2) is 74.4 Å². The van der Waals surface area contributed by atoms with Gasteiger partial charge in [0.1, 0.15) is 13.9 Å². The van der Waals surface area contributed by atoms with Crippen molar-refractivity contribution in [1.82, 2.24) is 15.1 Å². The van der Waals surface area contributed by atoms with Crippen LogP contribution in [-0.2, 0) is 4.79 Å². The summed E-state index contributed by atoms with van der Waals surface area (Å²) in [6, 6.07) is 5.12. The monoisotopic (exact) mass is 407 g/mol. The second-order valence-corrected chi connectivity index (χ2v) is 7.84. The molecule has 156 valence electrons. The van der Waals surface area contributed by atoms with E-state index in [0.717, 1.165) is 17.7 Å². The van der Waals surface area contributed by atoms with Crippen molar-refractivity contribution in [2.24, 2.45) is 5.92 Å². The molecule has 9 heteroatoms. The molecule has 2 aliphatic rings. The Morgan fingerprint density at radius 2 is 1.86 bits per heavy atom. The fourth-order valence-electron chi connectivity index (χ4n) is 4.06. The lowest BCUT2D eigenvalue weighted by atomic mass is 9.94. The first-order chi connectivity index (χ1) is 13.7. The summed E-state index contributed by atoms with van der Waals surface area (Å²) in [5.74, 6) is -0.346. The molecule has 3 rings (SSSR count). The fraction of sp³-hybridized carbons (Fsp3) is 0.600. The van der Waals surface area contributed by atoms with Gasteiger partial charge in [-0.3, -0.25) is 14.5 Å². The molecule has 2 heterocycles. The molecule has 0 aromatic heterocycles. The number of hydrogen-bond acceptors (Lipinski definition) is 3. The van der Waals surface area contributed by atoms with E-state index in [9.17, 15) is 22.8 Å². The van der Waals surface area contributed by atoms with Gasteiger partial charge in [0.2, 0.25) is 5.91 Å². The quantitative estimate of drug-likeness (QED) is 0.753. The second-order valence-electron chi connectivity index (χ2n) is 7.84. The summed E-state index contributed by atoms with van der Waals surface area (Å²) in [6.45, 7) is 1.99. The summed E-state index contributed by atoms with van der Waals surface area (Å²) in [7, 11) is 5.69. The molecule has 1 N–H and O–H groups in total. The number of alkyl halides is 3. The number of halogens is 3. The Balaban J connectivity index is 1.41. The minimum atomic E-state index is -4.36. The molecule has 2 aliphatic heterocycles. The summed E-state index contributed by atoms with van der Waals surface area (Å²) in [4.78, 5) is 27.4. The first kappa shape index (κ1) is 21.7. The Kier molecular flexibility index (Phi) is 6.87. The number of carbonyl (C=O) groups is 2. The summed E-state index contributed by atoms with van der Waals surface area (Å²) < 4.78 is 39.1. The van der Waals surface area contributed by atoms with Crippen molar-refractivity contribution in [3.05, 3.63) is 29.8 Å². The van der Waals surface area contributed by atoms with Crippen LogP contribution < -0.4 is 10.8 Å². The normalized spacial score (nSPS) is 21.3. The van der Waals surface area contributed by atoms with Gasteiger partial charge >= 0.3 is 6.18 Å². The van der Waals surface area contributed by atoms with E-state index in [2.05, 4.69) is 5.32 Å². The van der Waals surface area contributed by atoms with Gasteiger partial charge in [-0.1, -0.05) is 23.7 Å². The van der Waals surface area contributed by atoms with Crippen LogP contribution in [0.25, 0.3) is 0 Å². The van der Waals surface area contributed by atoms with E-state index < -0.39 is 18.1 Å². The standard InChI is InChI=1S/C20H25BF3N3O2/c21-16-4-1-3-15(11-16)19(29)25-12-14-6-9-26(10-7-14)13-18(28)27-8-2-5-17(27)20(22,23)24/h1,3-4,11,14,17H,2,5-10,12-13H2,(H,25,29)/t17-/m0/s1. The van der Waals surface area contributed by atoms with Crippen molar-refractivity contribution >= 4 is 25.1 Å². The Morgan fingerprint density at radius 1 is 1.14 bits per heavy atom. The molecule has 5 nitrogen and oxygen atoms in total. The van der Waals surface area contributed by atoms with Crippen LogP contribution in [0.4, 0.5) is 13.2 Å². The maximum Gasteiger partial charge on any atom is 0.408 e. The van der Waals surface area contributed by atoms with E-state index in [1.165, 1.54) is 0 Å². The van der Waals surface area contributed by atoms with Crippen molar-refractivity contribution in [2.75, 3.05) is 32.7 Å². The van der Waals surface area contributed by atoms with Crippen LogP contribution in [0.3, 0.4) is 0 Å². The van der Waals surface area contributed by atoms with Gasteiger partial charge in [-0.25, -0.2) is 0 Å². The average Bonchev–Trinajstić information content (AvgIpc) is 3.18. The summed E-state index contributed by atoms with van der Waals surface area (Å²) in [5, 5.41) is 2.91. The predicted octanol–water partition coefficient (Wildman–Crippen LogP) is 1.48. The highest BCUT2D eigenvalue weighted by molar-refractivity contribution is 6.32. The van der Waals surface area contributed by atoms with Crippen molar-refractivity contribution in [3.63, 3.8) is 0 Å². The number of hydrogen-bond donors (Lipinski definition) is 1. The molecule has 2 saturated heterocycles. The fourth-order valence-corrected chi connectivity index (χ4v) is 4.06. The highest BCUT2D eigenvalue weighted by atomic mass is 19.4. The van der Waals surface area contributed by atoms with Gasteiger partial charge in [0.15, 0.2) is 0 Å². The largest absolute Gasteiger partial charge is 0.408 e. The van der Waals surface area contributed by atoms with Crippen molar-refractivity contribution in [1.29, 1.82) is 0 Å². The lowest BCUT2D eigenvalue weighted by Crippen LogP contribution is -2.49. The number of benzene rings is 1. The van der Waals surface area contributed by atoms with Gasteiger partial charge in [0.25, 0.3) is 5.91 Å². The third-order valence-corrected chi connectivity index (χ3v) is 5.72. The van der Waals surface area contributed by atoms with E-state index >= 15 is 0 Å². The molecular weight excluding hydrogens is 382 g/mol. The first-order valence-corrected chi connectivity index (χ1v) is 9.96. The number of carbonyl (C=O) groups excluding carboxylic acids is 2. The average molecular weight is 407 g/mol. The Morgan fingerprint density at radius 3 is 2.52 bits per heavy atom.